The lowest BCUT2D eigenvalue weighted by atomic mass is 10.1. The van der Waals surface area contributed by atoms with Crippen LogP contribution in [0.3, 0.4) is 0 Å². The molecule has 2 aromatic rings. The highest BCUT2D eigenvalue weighted by Gasteiger charge is 2.31. The molecule has 0 radical (unpaired) electrons. The molecule has 0 N–H and O–H groups in total. The van der Waals surface area contributed by atoms with E-state index in [1.54, 1.807) is 30.3 Å². The van der Waals surface area contributed by atoms with Gasteiger partial charge < -0.3 is 19.5 Å². The number of carbonyl (C=O) groups excluding carboxylic acids is 2. The van der Waals surface area contributed by atoms with E-state index < -0.39 is 11.9 Å². The molecule has 0 aromatic heterocycles. The average Bonchev–Trinajstić information content (AvgIpc) is 2.97. The van der Waals surface area contributed by atoms with Gasteiger partial charge in [0.15, 0.2) is 0 Å². The molecule has 3 rings (SSSR count). The molecule has 0 spiro atoms. The molecular weight excluding hydrogens is 330 g/mol. The first-order chi connectivity index (χ1) is 11.5. The molecular formula is C18H15ClNO4-. The molecule has 6 heteroatoms. The van der Waals surface area contributed by atoms with Crippen LogP contribution >= 0.6 is 11.6 Å². The number of hydrogen-bond donors (Lipinski definition) is 0. The van der Waals surface area contributed by atoms with Crippen molar-refractivity contribution in [3.05, 3.63) is 59.1 Å². The summed E-state index contributed by atoms with van der Waals surface area (Å²) in [6.07, 6.45) is -0.0207. The van der Waals surface area contributed by atoms with Crippen LogP contribution in [0.5, 0.6) is 5.75 Å². The fourth-order valence-corrected chi connectivity index (χ4v) is 2.80. The number of aliphatic carboxylic acids is 1. The Hall–Kier alpha value is -2.53. The Balaban J connectivity index is 1.65. The average molecular weight is 345 g/mol. The van der Waals surface area contributed by atoms with Crippen LogP contribution in [0.25, 0.3) is 0 Å². The zero-order chi connectivity index (χ0) is 17.1. The first-order valence-electron chi connectivity index (χ1n) is 7.52. The minimum absolute atomic E-state index is 0.0207. The Morgan fingerprint density at radius 1 is 1.21 bits per heavy atom. The smallest absolute Gasteiger partial charge is 0.227 e. The van der Waals surface area contributed by atoms with Crippen molar-refractivity contribution in [1.29, 1.82) is 0 Å². The van der Waals surface area contributed by atoms with Crippen LogP contribution in [0.15, 0.2) is 48.5 Å². The number of anilines is 1. The number of benzene rings is 2. The van der Waals surface area contributed by atoms with Crippen LogP contribution < -0.4 is 14.7 Å². The maximum Gasteiger partial charge on any atom is 0.227 e. The van der Waals surface area contributed by atoms with Crippen molar-refractivity contribution in [1.82, 2.24) is 0 Å². The molecule has 0 saturated carbocycles. The minimum Gasteiger partial charge on any atom is -0.550 e. The molecule has 1 saturated heterocycles. The molecule has 1 aliphatic rings. The van der Waals surface area contributed by atoms with Crippen LogP contribution in [-0.2, 0) is 16.2 Å². The third kappa shape index (κ3) is 3.51. The minimum atomic E-state index is -1.19. The Bertz CT molecular complexity index is 760. The molecule has 1 fully saturated rings. The van der Waals surface area contributed by atoms with Gasteiger partial charge in [0.25, 0.3) is 0 Å². The van der Waals surface area contributed by atoms with E-state index in [1.165, 1.54) is 4.90 Å². The summed E-state index contributed by atoms with van der Waals surface area (Å²) in [5.41, 5.74) is 1.53. The van der Waals surface area contributed by atoms with E-state index in [9.17, 15) is 14.7 Å². The van der Waals surface area contributed by atoms with E-state index in [4.69, 9.17) is 16.3 Å². The van der Waals surface area contributed by atoms with Crippen LogP contribution in [0.1, 0.15) is 12.0 Å². The molecule has 0 aliphatic carbocycles. The standard InChI is InChI=1S/C18H16ClNO4/c19-16-4-2-1-3-12(16)11-24-15-7-5-14(6-8-15)20-10-13(18(22)23)9-17(20)21/h1-8,13H,9-11H2,(H,22,23)/p-1/t13-/m0/s1. The quantitative estimate of drug-likeness (QED) is 0.832. The summed E-state index contributed by atoms with van der Waals surface area (Å²) in [7, 11) is 0. The van der Waals surface area contributed by atoms with E-state index in [0.717, 1.165) is 5.56 Å². The highest BCUT2D eigenvalue weighted by molar-refractivity contribution is 6.31. The summed E-state index contributed by atoms with van der Waals surface area (Å²) in [5, 5.41) is 11.5. The van der Waals surface area contributed by atoms with Gasteiger partial charge in [-0.3, -0.25) is 4.79 Å². The lowest BCUT2D eigenvalue weighted by molar-refractivity contribution is -0.310. The fourth-order valence-electron chi connectivity index (χ4n) is 2.61. The molecule has 2 aromatic carbocycles. The van der Waals surface area contributed by atoms with Crippen LogP contribution in [0.2, 0.25) is 5.02 Å². The Labute approximate surface area is 144 Å². The number of halogens is 1. The third-order valence-electron chi connectivity index (χ3n) is 3.96. The summed E-state index contributed by atoms with van der Waals surface area (Å²) in [6, 6.07) is 14.4. The summed E-state index contributed by atoms with van der Waals surface area (Å²) in [5.74, 6) is -1.52. The number of carbonyl (C=O) groups is 2. The predicted octanol–water partition coefficient (Wildman–Crippen LogP) is 2.02. The number of carboxylic acids is 1. The second-order valence-corrected chi connectivity index (χ2v) is 6.01. The maximum atomic E-state index is 11.9. The van der Waals surface area contributed by atoms with Gasteiger partial charge in [0, 0.05) is 41.1 Å². The SMILES string of the molecule is O=C([O-])[C@H]1CC(=O)N(c2ccc(OCc3ccccc3Cl)cc2)C1. The normalized spacial score (nSPS) is 17.1. The molecule has 1 amide bonds. The van der Waals surface area contributed by atoms with E-state index in [1.807, 2.05) is 18.2 Å². The van der Waals surface area contributed by atoms with Gasteiger partial charge in [0.1, 0.15) is 12.4 Å². The Morgan fingerprint density at radius 2 is 1.92 bits per heavy atom. The zero-order valence-electron chi connectivity index (χ0n) is 12.8. The van der Waals surface area contributed by atoms with Crippen LogP contribution in [-0.4, -0.2) is 18.4 Å². The monoisotopic (exact) mass is 344 g/mol. The topological polar surface area (TPSA) is 69.7 Å². The molecule has 5 nitrogen and oxygen atoms in total. The summed E-state index contributed by atoms with van der Waals surface area (Å²) in [4.78, 5) is 24.3. The molecule has 1 aliphatic heterocycles. The van der Waals surface area contributed by atoms with Gasteiger partial charge in [-0.25, -0.2) is 0 Å². The second kappa shape index (κ2) is 6.93. The van der Waals surface area contributed by atoms with Gasteiger partial charge >= 0.3 is 0 Å². The number of nitrogens with zero attached hydrogens (tertiary/aromatic N) is 1. The number of ether oxygens (including phenoxy) is 1. The van der Waals surface area contributed by atoms with E-state index in [-0.39, 0.29) is 18.9 Å². The van der Waals surface area contributed by atoms with Gasteiger partial charge in [-0.15, -0.1) is 0 Å². The summed E-state index contributed by atoms with van der Waals surface area (Å²) in [6.45, 7) is 0.482. The van der Waals surface area contributed by atoms with E-state index in [2.05, 4.69) is 0 Å². The summed E-state index contributed by atoms with van der Waals surface area (Å²) >= 11 is 6.08. The van der Waals surface area contributed by atoms with Gasteiger partial charge in [0.05, 0.1) is 0 Å². The van der Waals surface area contributed by atoms with Crippen molar-refractivity contribution in [3.8, 4) is 5.75 Å². The summed E-state index contributed by atoms with van der Waals surface area (Å²) < 4.78 is 5.68. The number of hydrogen-bond acceptors (Lipinski definition) is 4. The number of rotatable bonds is 5. The van der Waals surface area contributed by atoms with Crippen molar-refractivity contribution in [2.24, 2.45) is 5.92 Å². The highest BCUT2D eigenvalue weighted by atomic mass is 35.5. The second-order valence-electron chi connectivity index (χ2n) is 5.60. The Morgan fingerprint density at radius 3 is 2.54 bits per heavy atom. The molecule has 1 heterocycles. The van der Waals surface area contributed by atoms with Crippen molar-refractivity contribution in [2.75, 3.05) is 11.4 Å². The molecule has 24 heavy (non-hydrogen) atoms. The first kappa shape index (κ1) is 16.3. The van der Waals surface area contributed by atoms with E-state index in [0.29, 0.717) is 23.1 Å². The lowest BCUT2D eigenvalue weighted by Gasteiger charge is -2.17. The third-order valence-corrected chi connectivity index (χ3v) is 4.33. The van der Waals surface area contributed by atoms with Crippen molar-refractivity contribution in [3.63, 3.8) is 0 Å². The zero-order valence-corrected chi connectivity index (χ0v) is 13.5. The number of carboxylic acid groups (broad SMARTS) is 1. The van der Waals surface area contributed by atoms with E-state index >= 15 is 0 Å². The van der Waals surface area contributed by atoms with Crippen molar-refractivity contribution in [2.45, 2.75) is 13.0 Å². The molecule has 0 bridgehead atoms. The molecule has 0 unspecified atom stereocenters. The highest BCUT2D eigenvalue weighted by Crippen LogP contribution is 2.27. The van der Waals surface area contributed by atoms with Gasteiger partial charge in [-0.05, 0) is 30.3 Å². The van der Waals surface area contributed by atoms with Gasteiger partial charge in [0.2, 0.25) is 5.91 Å². The van der Waals surface area contributed by atoms with Crippen LogP contribution in [0.4, 0.5) is 5.69 Å². The number of amides is 1. The Kier molecular flexibility index (Phi) is 4.71. The largest absolute Gasteiger partial charge is 0.550 e. The van der Waals surface area contributed by atoms with Crippen molar-refractivity contribution >= 4 is 29.2 Å². The van der Waals surface area contributed by atoms with Crippen molar-refractivity contribution < 1.29 is 19.4 Å². The molecule has 1 atom stereocenters. The fraction of sp³-hybridized carbons (Fsp3) is 0.222. The first-order valence-corrected chi connectivity index (χ1v) is 7.90. The van der Waals surface area contributed by atoms with Gasteiger partial charge in [-0.2, -0.15) is 0 Å². The predicted molar refractivity (Wildman–Crippen MR) is 87.7 cm³/mol. The lowest BCUT2D eigenvalue weighted by Crippen LogP contribution is -2.33. The van der Waals surface area contributed by atoms with Gasteiger partial charge in [-0.1, -0.05) is 29.8 Å². The van der Waals surface area contributed by atoms with Crippen LogP contribution in [0, 0.1) is 5.92 Å². The molecule has 124 valence electrons. The maximum absolute atomic E-state index is 11.9.